The number of hydrogen-bond donors (Lipinski definition) is 2. The van der Waals surface area contributed by atoms with Crippen LogP contribution in [0.25, 0.3) is 0 Å². The predicted molar refractivity (Wildman–Crippen MR) is 52.5 cm³/mol. The minimum atomic E-state index is -4.34. The monoisotopic (exact) mass is 269 g/mol. The van der Waals surface area contributed by atoms with E-state index in [0.29, 0.717) is 0 Å². The summed E-state index contributed by atoms with van der Waals surface area (Å²) < 4.78 is 49.0. The van der Waals surface area contributed by atoms with Crippen LogP contribution in [0.3, 0.4) is 0 Å². The van der Waals surface area contributed by atoms with Crippen LogP contribution in [0.1, 0.15) is 0 Å². The van der Waals surface area contributed by atoms with Gasteiger partial charge in [0, 0.05) is 0 Å². The van der Waals surface area contributed by atoms with Gasteiger partial charge in [-0.25, -0.2) is 18.7 Å². The van der Waals surface area contributed by atoms with Gasteiger partial charge < -0.3 is 11.1 Å². The van der Waals surface area contributed by atoms with Crippen LogP contribution < -0.4 is 11.1 Å². The van der Waals surface area contributed by atoms with E-state index in [2.05, 4.69) is 9.97 Å². The number of nitro groups is 1. The Morgan fingerprint density at radius 3 is 2.61 bits per heavy atom. The van der Waals surface area contributed by atoms with Crippen molar-refractivity contribution in [1.82, 2.24) is 9.97 Å². The molecule has 0 unspecified atom stereocenters. The molecule has 0 aromatic carbocycles. The maximum absolute atomic E-state index is 12.6. The third-order valence-corrected chi connectivity index (χ3v) is 1.84. The highest BCUT2D eigenvalue weighted by atomic mass is 19.3. The molecule has 11 heteroatoms. The van der Waals surface area contributed by atoms with Crippen LogP contribution in [0, 0.1) is 10.1 Å². The molecule has 0 fully saturated rings. The van der Waals surface area contributed by atoms with E-state index in [4.69, 9.17) is 5.73 Å². The fourth-order valence-electron chi connectivity index (χ4n) is 0.980. The van der Waals surface area contributed by atoms with E-state index in [-0.39, 0.29) is 0 Å². The Balaban J connectivity index is 2.92. The fourth-order valence-corrected chi connectivity index (χ4v) is 0.980. The maximum Gasteiger partial charge on any atom is 0.352 e. The molecule has 1 heterocycles. The Morgan fingerprint density at radius 2 is 2.11 bits per heavy atom. The number of hydrogen-bond acceptors (Lipinski definition) is 6. The van der Waals surface area contributed by atoms with Crippen molar-refractivity contribution in [2.75, 3.05) is 17.6 Å². The van der Waals surface area contributed by atoms with Gasteiger partial charge in [0.25, 0.3) is 0 Å². The van der Waals surface area contributed by atoms with Crippen LogP contribution in [0.2, 0.25) is 0 Å². The van der Waals surface area contributed by atoms with E-state index in [0.717, 1.165) is 6.33 Å². The number of nitrogens with zero attached hydrogens (tertiary/aromatic N) is 3. The zero-order valence-corrected chi connectivity index (χ0v) is 8.61. The molecular formula is C7H7F4N5O2. The molecule has 3 N–H and O–H groups in total. The van der Waals surface area contributed by atoms with Crippen molar-refractivity contribution in [3.63, 3.8) is 0 Å². The van der Waals surface area contributed by atoms with Crippen molar-refractivity contribution in [3.8, 4) is 0 Å². The van der Waals surface area contributed by atoms with Crippen molar-refractivity contribution in [3.05, 3.63) is 16.4 Å². The van der Waals surface area contributed by atoms with Crippen molar-refractivity contribution in [2.24, 2.45) is 0 Å². The highest BCUT2D eigenvalue weighted by Gasteiger charge is 2.41. The van der Waals surface area contributed by atoms with E-state index in [9.17, 15) is 27.7 Å². The van der Waals surface area contributed by atoms with Gasteiger partial charge in [0.2, 0.25) is 11.6 Å². The van der Waals surface area contributed by atoms with E-state index in [1.54, 1.807) is 5.32 Å². The van der Waals surface area contributed by atoms with Crippen LogP contribution in [0.4, 0.5) is 34.9 Å². The average molecular weight is 269 g/mol. The molecule has 1 aromatic rings. The Morgan fingerprint density at radius 1 is 1.50 bits per heavy atom. The van der Waals surface area contributed by atoms with Gasteiger partial charge in [-0.05, 0) is 0 Å². The lowest BCUT2D eigenvalue weighted by Gasteiger charge is -2.15. The summed E-state index contributed by atoms with van der Waals surface area (Å²) in [5.74, 6) is -5.54. The summed E-state index contributed by atoms with van der Waals surface area (Å²) >= 11 is 0. The molecule has 0 aliphatic rings. The molecule has 1 rings (SSSR count). The second kappa shape index (κ2) is 4.98. The van der Waals surface area contributed by atoms with E-state index < -0.39 is 41.1 Å². The largest absolute Gasteiger partial charge is 0.378 e. The fraction of sp³-hybridized carbons (Fsp3) is 0.429. The number of nitrogens with one attached hydrogen (secondary N) is 1. The van der Waals surface area contributed by atoms with Gasteiger partial charge in [-0.1, -0.05) is 0 Å². The average Bonchev–Trinajstić information content (AvgIpc) is 2.25. The number of alkyl halides is 4. The highest BCUT2D eigenvalue weighted by molar-refractivity contribution is 5.67. The molecule has 1 aromatic heterocycles. The summed E-state index contributed by atoms with van der Waals surface area (Å²) in [5, 5.41) is 12.3. The van der Waals surface area contributed by atoms with Gasteiger partial charge in [-0.2, -0.15) is 8.78 Å². The third kappa shape index (κ3) is 2.93. The predicted octanol–water partition coefficient (Wildman–Crippen LogP) is 1.28. The van der Waals surface area contributed by atoms with E-state index >= 15 is 0 Å². The summed E-state index contributed by atoms with van der Waals surface area (Å²) in [7, 11) is 0. The van der Waals surface area contributed by atoms with E-state index in [1.165, 1.54) is 0 Å². The van der Waals surface area contributed by atoms with Crippen molar-refractivity contribution in [2.45, 2.75) is 12.3 Å². The molecule has 0 saturated heterocycles. The first-order valence-electron chi connectivity index (χ1n) is 4.40. The second-order valence-electron chi connectivity index (χ2n) is 3.13. The minimum absolute atomic E-state index is 0.558. The smallest absolute Gasteiger partial charge is 0.352 e. The molecule has 0 radical (unpaired) electrons. The Labute approximate surface area is 97.2 Å². The highest BCUT2D eigenvalue weighted by Crippen LogP contribution is 2.28. The van der Waals surface area contributed by atoms with Gasteiger partial charge in [-0.3, -0.25) is 10.1 Å². The van der Waals surface area contributed by atoms with Gasteiger partial charge >= 0.3 is 18.0 Å². The number of halogens is 4. The Bertz CT molecular complexity index is 455. The summed E-state index contributed by atoms with van der Waals surface area (Å²) in [6.45, 7) is -1.51. The number of nitrogens with two attached hydrogens (primary N) is 1. The molecule has 0 spiro atoms. The first-order valence-corrected chi connectivity index (χ1v) is 4.40. The number of anilines is 2. The van der Waals surface area contributed by atoms with Gasteiger partial charge in [0.15, 0.2) is 0 Å². The zero-order valence-electron chi connectivity index (χ0n) is 8.61. The first kappa shape index (κ1) is 13.9. The molecule has 0 aliphatic carbocycles. The molecule has 0 amide bonds. The molecular weight excluding hydrogens is 262 g/mol. The van der Waals surface area contributed by atoms with Crippen LogP contribution in [0.15, 0.2) is 6.33 Å². The topological polar surface area (TPSA) is 107 Å². The van der Waals surface area contributed by atoms with Crippen LogP contribution in [-0.2, 0) is 0 Å². The molecule has 0 bridgehead atoms. The summed E-state index contributed by atoms with van der Waals surface area (Å²) in [6.07, 6.45) is -3.12. The normalized spacial score (nSPS) is 11.6. The molecule has 0 aliphatic heterocycles. The molecule has 7 nitrogen and oxygen atoms in total. The summed E-state index contributed by atoms with van der Waals surface area (Å²) in [5.41, 5.74) is 4.31. The zero-order chi connectivity index (χ0) is 13.9. The lowest BCUT2D eigenvalue weighted by Crippen LogP contribution is -2.35. The standard InChI is InChI=1S/C7H7F4N5O2/c8-6(9)7(10,11)1-13-5-3(16(17)18)4(12)14-2-15-5/h2,6H,1H2,(H3,12,13,14,15). The molecule has 100 valence electrons. The third-order valence-electron chi connectivity index (χ3n) is 1.84. The molecule has 0 atom stereocenters. The van der Waals surface area contributed by atoms with Crippen LogP contribution >= 0.6 is 0 Å². The van der Waals surface area contributed by atoms with Crippen molar-refractivity contribution >= 4 is 17.3 Å². The summed E-state index contributed by atoms with van der Waals surface area (Å²) in [4.78, 5) is 16.2. The first-order chi connectivity index (χ1) is 8.25. The van der Waals surface area contributed by atoms with E-state index in [1.807, 2.05) is 0 Å². The second-order valence-corrected chi connectivity index (χ2v) is 3.13. The van der Waals surface area contributed by atoms with Gasteiger partial charge in [-0.15, -0.1) is 0 Å². The van der Waals surface area contributed by atoms with Crippen LogP contribution in [-0.4, -0.2) is 33.8 Å². The van der Waals surface area contributed by atoms with Crippen molar-refractivity contribution in [1.29, 1.82) is 0 Å². The van der Waals surface area contributed by atoms with Gasteiger partial charge in [0.05, 0.1) is 11.5 Å². The number of rotatable bonds is 5. The lowest BCUT2D eigenvalue weighted by atomic mass is 10.3. The number of aromatic nitrogens is 2. The Hall–Kier alpha value is -2.20. The minimum Gasteiger partial charge on any atom is -0.378 e. The summed E-state index contributed by atoms with van der Waals surface area (Å²) in [6, 6.07) is 0. The van der Waals surface area contributed by atoms with Crippen molar-refractivity contribution < 1.29 is 22.5 Å². The Kier molecular flexibility index (Phi) is 3.83. The SMILES string of the molecule is Nc1ncnc(NCC(F)(F)C(F)F)c1[N+](=O)[O-]. The molecule has 0 saturated carbocycles. The lowest BCUT2D eigenvalue weighted by molar-refractivity contribution is -0.383. The quantitative estimate of drug-likeness (QED) is 0.473. The maximum atomic E-state index is 12.6. The number of nitrogen functional groups attached to an aromatic ring is 1. The van der Waals surface area contributed by atoms with Gasteiger partial charge in [0.1, 0.15) is 6.33 Å². The molecule has 18 heavy (non-hydrogen) atoms. The van der Waals surface area contributed by atoms with Crippen LogP contribution in [0.5, 0.6) is 0 Å².